The van der Waals surface area contributed by atoms with Crippen molar-refractivity contribution in [1.29, 1.82) is 0 Å². The first-order chi connectivity index (χ1) is 17.8. The molecule has 38 heavy (non-hydrogen) atoms. The van der Waals surface area contributed by atoms with E-state index in [-0.39, 0.29) is 30.0 Å². The number of benzene rings is 3. The van der Waals surface area contributed by atoms with Gasteiger partial charge in [0, 0.05) is 25.6 Å². The second-order valence-corrected chi connectivity index (χ2v) is 8.68. The van der Waals surface area contributed by atoms with Crippen LogP contribution in [0.5, 0.6) is 5.75 Å². The molecule has 0 fully saturated rings. The van der Waals surface area contributed by atoms with E-state index in [2.05, 4.69) is 34.7 Å². The summed E-state index contributed by atoms with van der Waals surface area (Å²) in [5.74, 6) is -0.629. The third-order valence-corrected chi connectivity index (χ3v) is 6.06. The summed E-state index contributed by atoms with van der Waals surface area (Å²) >= 11 is 0. The van der Waals surface area contributed by atoms with E-state index in [0.717, 1.165) is 16.7 Å². The number of nitrogens with one attached hydrogen (secondary N) is 1. The van der Waals surface area contributed by atoms with Gasteiger partial charge in [0.05, 0.1) is 6.04 Å². The Bertz CT molecular complexity index is 1140. The molecule has 0 unspecified atom stereocenters. The fourth-order valence-corrected chi connectivity index (χ4v) is 4.29. The number of amides is 1. The van der Waals surface area contributed by atoms with Gasteiger partial charge in [0.15, 0.2) is 5.03 Å². The molecular formula is C27H33ClN6O4. The molecule has 0 bridgehead atoms. The van der Waals surface area contributed by atoms with E-state index in [1.165, 1.54) is 0 Å². The molecule has 202 valence electrons. The lowest BCUT2D eigenvalue weighted by molar-refractivity contribution is -0.485. The van der Waals surface area contributed by atoms with Crippen molar-refractivity contribution in [2.75, 3.05) is 13.1 Å². The smallest absolute Gasteiger partial charge is 0.266 e. The van der Waals surface area contributed by atoms with Gasteiger partial charge in [-0.1, -0.05) is 72.8 Å². The van der Waals surface area contributed by atoms with E-state index >= 15 is 0 Å². The first-order valence-corrected chi connectivity index (χ1v) is 12.0. The van der Waals surface area contributed by atoms with Crippen molar-refractivity contribution in [2.45, 2.75) is 31.3 Å². The summed E-state index contributed by atoms with van der Waals surface area (Å²) in [6.07, 6.45) is 0.886. The number of rotatable bonds is 13. The molecule has 0 saturated carbocycles. The molecule has 1 amide bonds. The molecule has 0 aromatic heterocycles. The Kier molecular flexibility index (Phi) is 12.0. The molecule has 3 rings (SSSR count). The minimum atomic E-state index is -0.874. The Hall–Kier alpha value is -4.15. The predicted molar refractivity (Wildman–Crippen MR) is 149 cm³/mol. The van der Waals surface area contributed by atoms with Crippen LogP contribution in [0.1, 0.15) is 35.4 Å². The van der Waals surface area contributed by atoms with Crippen molar-refractivity contribution in [3.63, 3.8) is 0 Å². The summed E-state index contributed by atoms with van der Waals surface area (Å²) in [6.45, 7) is 1.24. The van der Waals surface area contributed by atoms with Crippen LogP contribution >= 0.6 is 12.4 Å². The molecule has 10 nitrogen and oxygen atoms in total. The number of halogens is 1. The highest BCUT2D eigenvalue weighted by molar-refractivity contribution is 5.85. The van der Waals surface area contributed by atoms with Crippen LogP contribution in [0, 0.1) is 10.1 Å². The number of aromatic hydroxyl groups is 1. The minimum Gasteiger partial charge on any atom is -0.508 e. The number of phenolic OH excluding ortho intramolecular Hbond substituents is 1. The maximum atomic E-state index is 12.7. The van der Waals surface area contributed by atoms with Crippen LogP contribution in [0.25, 0.3) is 0 Å². The van der Waals surface area contributed by atoms with E-state index in [4.69, 9.17) is 11.5 Å². The number of carbonyl (C=O) groups is 1. The van der Waals surface area contributed by atoms with Gasteiger partial charge in [-0.05, 0) is 41.7 Å². The first kappa shape index (κ1) is 30.1. The van der Waals surface area contributed by atoms with Crippen LogP contribution in [0.2, 0.25) is 0 Å². The molecule has 0 spiro atoms. The number of primary amides is 1. The lowest BCUT2D eigenvalue weighted by Crippen LogP contribution is -2.46. The van der Waals surface area contributed by atoms with E-state index in [0.29, 0.717) is 32.5 Å². The Morgan fingerprint density at radius 3 is 2.03 bits per heavy atom. The second kappa shape index (κ2) is 15.2. The number of guanidine groups is 1. The molecule has 0 heterocycles. The quantitative estimate of drug-likeness (QED) is 0.0851. The number of hydrazone groups is 1. The number of nitrogens with zero attached hydrogens (tertiary/aromatic N) is 3. The largest absolute Gasteiger partial charge is 0.508 e. The van der Waals surface area contributed by atoms with E-state index in [1.54, 1.807) is 12.1 Å². The van der Waals surface area contributed by atoms with Gasteiger partial charge in [0.25, 0.3) is 5.96 Å². The van der Waals surface area contributed by atoms with E-state index < -0.39 is 17.0 Å². The van der Waals surface area contributed by atoms with Crippen molar-refractivity contribution in [2.24, 2.45) is 16.6 Å². The van der Waals surface area contributed by atoms with Crippen LogP contribution in [0.3, 0.4) is 0 Å². The zero-order valence-electron chi connectivity index (χ0n) is 20.8. The van der Waals surface area contributed by atoms with Crippen molar-refractivity contribution < 1.29 is 14.9 Å². The third-order valence-electron chi connectivity index (χ3n) is 6.06. The summed E-state index contributed by atoms with van der Waals surface area (Å²) in [4.78, 5) is 25.2. The standard InChI is InChI=1S/C27H32N6O4.ClH/c28-26(35)25(12-7-17-30-27(29)31-33(36)37)32(18-20-13-15-23(34)16-14-20)19-24(21-8-3-1-4-9-21)22-10-5-2-6-11-22;/h1-6,8-11,13-16,24-25,34H,7,12,17-19H2,(H2,28,35)(H3,29,30,31);1H/t25-;/m1./s1. The SMILES string of the molecule is Cl.NC(=O)[C@@H](CCCNC(N)=N[N+](=O)[O-])N(Cc1ccc(O)cc1)CC(c1ccccc1)c1ccccc1. The number of hydrogen-bond acceptors (Lipinski definition) is 5. The molecule has 0 aliphatic rings. The van der Waals surface area contributed by atoms with Gasteiger partial charge < -0.3 is 21.9 Å². The zero-order chi connectivity index (χ0) is 26.6. The zero-order valence-corrected chi connectivity index (χ0v) is 21.7. The van der Waals surface area contributed by atoms with Gasteiger partial charge in [-0.15, -0.1) is 12.4 Å². The van der Waals surface area contributed by atoms with Crippen molar-refractivity contribution in [3.05, 3.63) is 112 Å². The minimum absolute atomic E-state index is 0. The average Bonchev–Trinajstić information content (AvgIpc) is 2.88. The Balaban J connectivity index is 0.00000507. The Morgan fingerprint density at radius 1 is 0.974 bits per heavy atom. The molecule has 0 saturated heterocycles. The van der Waals surface area contributed by atoms with Crippen LogP contribution in [0.15, 0.2) is 90.0 Å². The second-order valence-electron chi connectivity index (χ2n) is 8.68. The topological polar surface area (TPSA) is 160 Å². The van der Waals surface area contributed by atoms with Crippen molar-refractivity contribution in [3.8, 4) is 5.75 Å². The maximum absolute atomic E-state index is 12.7. The predicted octanol–water partition coefficient (Wildman–Crippen LogP) is 3.18. The average molecular weight is 541 g/mol. The summed E-state index contributed by atoms with van der Waals surface area (Å²) < 4.78 is 0. The molecule has 11 heteroatoms. The first-order valence-electron chi connectivity index (χ1n) is 12.0. The van der Waals surface area contributed by atoms with Gasteiger partial charge in [-0.25, -0.2) is 10.1 Å². The molecule has 1 atom stereocenters. The Morgan fingerprint density at radius 2 is 1.53 bits per heavy atom. The van der Waals surface area contributed by atoms with Gasteiger partial charge in [-0.2, -0.15) is 0 Å². The van der Waals surface area contributed by atoms with E-state index in [9.17, 15) is 20.0 Å². The Labute approximate surface area is 227 Å². The number of hydrogen-bond donors (Lipinski definition) is 4. The summed E-state index contributed by atoms with van der Waals surface area (Å²) in [5.41, 5.74) is 14.5. The highest BCUT2D eigenvalue weighted by atomic mass is 35.5. The highest BCUT2D eigenvalue weighted by Gasteiger charge is 2.28. The molecule has 0 aliphatic heterocycles. The normalized spacial score (nSPS) is 12.1. The van der Waals surface area contributed by atoms with Gasteiger partial charge in [-0.3, -0.25) is 9.69 Å². The van der Waals surface area contributed by atoms with Gasteiger partial charge in [0.2, 0.25) is 5.91 Å². The van der Waals surface area contributed by atoms with Crippen LogP contribution < -0.4 is 16.8 Å². The van der Waals surface area contributed by atoms with Crippen molar-refractivity contribution in [1.82, 2.24) is 10.2 Å². The molecule has 0 radical (unpaired) electrons. The lowest BCUT2D eigenvalue weighted by Gasteiger charge is -2.33. The number of carbonyl (C=O) groups excluding carboxylic acids is 1. The summed E-state index contributed by atoms with van der Waals surface area (Å²) in [7, 11) is 0. The maximum Gasteiger partial charge on any atom is 0.266 e. The van der Waals surface area contributed by atoms with E-state index in [1.807, 2.05) is 53.4 Å². The lowest BCUT2D eigenvalue weighted by atomic mass is 9.90. The van der Waals surface area contributed by atoms with Crippen LogP contribution in [-0.4, -0.2) is 46.0 Å². The monoisotopic (exact) mass is 540 g/mol. The fourth-order valence-electron chi connectivity index (χ4n) is 4.29. The number of phenols is 1. The van der Waals surface area contributed by atoms with Gasteiger partial charge in [0.1, 0.15) is 10.9 Å². The molecular weight excluding hydrogens is 508 g/mol. The highest BCUT2D eigenvalue weighted by Crippen LogP contribution is 2.28. The van der Waals surface area contributed by atoms with Crippen LogP contribution in [0.4, 0.5) is 0 Å². The molecule has 3 aromatic rings. The summed E-state index contributed by atoms with van der Waals surface area (Å²) in [5, 5.41) is 25.0. The molecule has 3 aromatic carbocycles. The van der Waals surface area contributed by atoms with Crippen molar-refractivity contribution >= 4 is 24.3 Å². The molecule has 0 aliphatic carbocycles. The van der Waals surface area contributed by atoms with Crippen LogP contribution in [-0.2, 0) is 11.3 Å². The summed E-state index contributed by atoms with van der Waals surface area (Å²) in [6, 6.07) is 26.4. The molecule has 6 N–H and O–H groups in total. The fraction of sp³-hybridized carbons (Fsp3) is 0.259. The number of nitrogens with two attached hydrogens (primary N) is 2. The number of nitro groups is 1. The van der Waals surface area contributed by atoms with Gasteiger partial charge >= 0.3 is 0 Å². The third kappa shape index (κ3) is 9.38.